The van der Waals surface area contributed by atoms with Gasteiger partial charge in [-0.05, 0) is 23.3 Å². The van der Waals surface area contributed by atoms with Crippen LogP contribution >= 0.6 is 0 Å². The summed E-state index contributed by atoms with van der Waals surface area (Å²) >= 11 is 0. The highest BCUT2D eigenvalue weighted by atomic mass is 16.1. The minimum absolute atomic E-state index is 0.174. The maximum Gasteiger partial charge on any atom is 0.201 e. The number of hydrazone groups is 1. The molecule has 0 spiro atoms. The number of fused-ring (bicyclic) bond motifs is 1. The van der Waals surface area contributed by atoms with E-state index in [1.807, 2.05) is 12.1 Å². The number of rotatable bonds is 3. The van der Waals surface area contributed by atoms with Gasteiger partial charge in [-0.25, -0.2) is 0 Å². The molecule has 0 saturated heterocycles. The highest BCUT2D eigenvalue weighted by Crippen LogP contribution is 2.23. The van der Waals surface area contributed by atoms with Gasteiger partial charge in [0.15, 0.2) is 5.84 Å². The number of anilines is 1. The standard InChI is InChI=1S/C12H11N5O/c13-6-11(12(14)15)17-16-9-2-1-7-4-10(18)5-8(7)3-9/h1-3,16H,4-5H2,(H3,14,15)/b17-11+. The second-order valence-electron chi connectivity index (χ2n) is 3.97. The van der Waals surface area contributed by atoms with Gasteiger partial charge in [0.2, 0.25) is 5.71 Å². The molecule has 0 aliphatic heterocycles. The lowest BCUT2D eigenvalue weighted by molar-refractivity contribution is -0.117. The van der Waals surface area contributed by atoms with Crippen molar-refractivity contribution in [2.75, 3.05) is 5.43 Å². The highest BCUT2D eigenvalue weighted by Gasteiger charge is 2.18. The van der Waals surface area contributed by atoms with Crippen LogP contribution in [0, 0.1) is 16.7 Å². The van der Waals surface area contributed by atoms with Crippen LogP contribution in [0.25, 0.3) is 0 Å². The van der Waals surface area contributed by atoms with Crippen molar-refractivity contribution in [3.8, 4) is 6.07 Å². The zero-order valence-electron chi connectivity index (χ0n) is 9.53. The first-order valence-electron chi connectivity index (χ1n) is 5.32. The normalized spacial score (nSPS) is 13.9. The van der Waals surface area contributed by atoms with Crippen molar-refractivity contribution in [2.24, 2.45) is 10.8 Å². The van der Waals surface area contributed by atoms with Crippen molar-refractivity contribution >= 4 is 23.0 Å². The van der Waals surface area contributed by atoms with E-state index < -0.39 is 0 Å². The minimum atomic E-state index is -0.388. The number of amidine groups is 1. The molecule has 1 aliphatic carbocycles. The first-order valence-corrected chi connectivity index (χ1v) is 5.32. The molecular weight excluding hydrogens is 230 g/mol. The van der Waals surface area contributed by atoms with Crippen LogP contribution in [0.1, 0.15) is 11.1 Å². The van der Waals surface area contributed by atoms with Crippen LogP contribution in [0.3, 0.4) is 0 Å². The number of benzene rings is 1. The van der Waals surface area contributed by atoms with Crippen LogP contribution in [-0.4, -0.2) is 17.3 Å². The summed E-state index contributed by atoms with van der Waals surface area (Å²) in [6.45, 7) is 0. The Labute approximate surface area is 104 Å². The molecule has 0 unspecified atom stereocenters. The van der Waals surface area contributed by atoms with Gasteiger partial charge in [-0.3, -0.25) is 15.6 Å². The maximum absolute atomic E-state index is 11.3. The Morgan fingerprint density at radius 1 is 1.44 bits per heavy atom. The van der Waals surface area contributed by atoms with E-state index in [4.69, 9.17) is 16.4 Å². The predicted octanol–water partition coefficient (Wildman–Crippen LogP) is 0.582. The molecule has 1 aliphatic rings. The van der Waals surface area contributed by atoms with Crippen molar-refractivity contribution in [3.05, 3.63) is 29.3 Å². The molecule has 1 aromatic rings. The molecule has 0 amide bonds. The van der Waals surface area contributed by atoms with Crippen molar-refractivity contribution in [3.63, 3.8) is 0 Å². The number of nitrogens with zero attached hydrogens (tertiary/aromatic N) is 2. The lowest BCUT2D eigenvalue weighted by atomic mass is 10.1. The van der Waals surface area contributed by atoms with Crippen molar-refractivity contribution in [2.45, 2.75) is 12.8 Å². The van der Waals surface area contributed by atoms with E-state index in [9.17, 15) is 4.79 Å². The third-order valence-electron chi connectivity index (χ3n) is 2.64. The van der Waals surface area contributed by atoms with E-state index in [0.29, 0.717) is 18.5 Å². The first-order chi connectivity index (χ1) is 8.60. The monoisotopic (exact) mass is 241 g/mol. The van der Waals surface area contributed by atoms with Gasteiger partial charge in [-0.2, -0.15) is 10.4 Å². The van der Waals surface area contributed by atoms with Gasteiger partial charge in [-0.1, -0.05) is 6.07 Å². The summed E-state index contributed by atoms with van der Waals surface area (Å²) in [7, 11) is 0. The SMILES string of the molecule is N#C/C(=N\Nc1ccc2c(c1)CC(=O)C2)C(=N)N. The lowest BCUT2D eigenvalue weighted by Crippen LogP contribution is -2.21. The molecule has 0 fully saturated rings. The Morgan fingerprint density at radius 2 is 2.17 bits per heavy atom. The van der Waals surface area contributed by atoms with E-state index in [2.05, 4.69) is 10.5 Å². The number of nitrogens with two attached hydrogens (primary N) is 1. The number of nitrogens with one attached hydrogen (secondary N) is 2. The molecule has 2 rings (SSSR count). The quantitative estimate of drug-likeness (QED) is 0.408. The molecule has 0 atom stereocenters. The minimum Gasteiger partial charge on any atom is -0.382 e. The molecule has 4 N–H and O–H groups in total. The fourth-order valence-electron chi connectivity index (χ4n) is 1.79. The van der Waals surface area contributed by atoms with Crippen LogP contribution in [0.5, 0.6) is 0 Å². The number of hydrogen-bond donors (Lipinski definition) is 3. The molecule has 0 radical (unpaired) electrons. The summed E-state index contributed by atoms with van der Waals surface area (Å²) < 4.78 is 0. The van der Waals surface area contributed by atoms with E-state index in [-0.39, 0.29) is 17.3 Å². The molecule has 18 heavy (non-hydrogen) atoms. The molecule has 0 heterocycles. The number of carbonyl (C=O) groups excluding carboxylic acids is 1. The summed E-state index contributed by atoms with van der Waals surface area (Å²) in [5.74, 6) is -0.187. The summed E-state index contributed by atoms with van der Waals surface area (Å²) in [6.07, 6.45) is 0.919. The van der Waals surface area contributed by atoms with E-state index >= 15 is 0 Å². The Kier molecular flexibility index (Phi) is 3.06. The van der Waals surface area contributed by atoms with Crippen molar-refractivity contribution in [1.82, 2.24) is 0 Å². The zero-order chi connectivity index (χ0) is 13.1. The Bertz CT molecular complexity index is 597. The summed E-state index contributed by atoms with van der Waals surface area (Å²) in [5.41, 5.74) is 10.3. The van der Waals surface area contributed by atoms with E-state index in [1.54, 1.807) is 12.1 Å². The fraction of sp³-hybridized carbons (Fsp3) is 0.167. The van der Waals surface area contributed by atoms with Crippen LogP contribution in [0.4, 0.5) is 5.69 Å². The summed E-state index contributed by atoms with van der Waals surface area (Å²) in [5, 5.41) is 19.5. The molecule has 0 bridgehead atoms. The molecule has 1 aromatic carbocycles. The molecule has 0 aromatic heterocycles. The molecular formula is C12H11N5O. The topological polar surface area (TPSA) is 115 Å². The maximum atomic E-state index is 11.3. The van der Waals surface area contributed by atoms with Gasteiger partial charge < -0.3 is 5.73 Å². The highest BCUT2D eigenvalue weighted by molar-refractivity contribution is 6.45. The predicted molar refractivity (Wildman–Crippen MR) is 67.4 cm³/mol. The van der Waals surface area contributed by atoms with Gasteiger partial charge in [0, 0.05) is 12.8 Å². The van der Waals surface area contributed by atoms with Gasteiger partial charge >= 0.3 is 0 Å². The zero-order valence-corrected chi connectivity index (χ0v) is 9.53. The Hall–Kier alpha value is -2.68. The number of ketones is 1. The number of nitriles is 1. The summed E-state index contributed by atoms with van der Waals surface area (Å²) in [4.78, 5) is 11.3. The smallest absolute Gasteiger partial charge is 0.201 e. The fourth-order valence-corrected chi connectivity index (χ4v) is 1.79. The molecule has 0 saturated carbocycles. The van der Waals surface area contributed by atoms with Gasteiger partial charge in [0.1, 0.15) is 11.9 Å². The van der Waals surface area contributed by atoms with Crippen LogP contribution in [0.2, 0.25) is 0 Å². The van der Waals surface area contributed by atoms with Crippen LogP contribution in [-0.2, 0) is 17.6 Å². The van der Waals surface area contributed by atoms with Gasteiger partial charge in [0.05, 0.1) is 5.69 Å². The Morgan fingerprint density at radius 3 is 2.83 bits per heavy atom. The molecule has 6 nitrogen and oxygen atoms in total. The van der Waals surface area contributed by atoms with Crippen molar-refractivity contribution in [1.29, 1.82) is 10.7 Å². The number of carbonyl (C=O) groups is 1. The largest absolute Gasteiger partial charge is 0.382 e. The van der Waals surface area contributed by atoms with Gasteiger partial charge in [-0.15, -0.1) is 0 Å². The van der Waals surface area contributed by atoms with E-state index in [0.717, 1.165) is 11.1 Å². The molecule has 6 heteroatoms. The number of hydrogen-bond acceptors (Lipinski definition) is 5. The third kappa shape index (κ3) is 2.35. The van der Waals surface area contributed by atoms with Crippen LogP contribution in [0.15, 0.2) is 23.3 Å². The second-order valence-corrected chi connectivity index (χ2v) is 3.97. The average molecular weight is 241 g/mol. The first kappa shape index (κ1) is 11.8. The average Bonchev–Trinajstić information content (AvgIpc) is 2.68. The summed E-state index contributed by atoms with van der Waals surface area (Å²) in [6, 6.07) is 7.17. The third-order valence-corrected chi connectivity index (χ3v) is 2.64. The van der Waals surface area contributed by atoms with Crippen LogP contribution < -0.4 is 11.2 Å². The van der Waals surface area contributed by atoms with E-state index in [1.165, 1.54) is 0 Å². The number of Topliss-reactive ketones (excluding diaryl/α,β-unsaturated/α-hetero) is 1. The second kappa shape index (κ2) is 4.67. The van der Waals surface area contributed by atoms with Gasteiger partial charge in [0.25, 0.3) is 0 Å². The molecule has 90 valence electrons. The lowest BCUT2D eigenvalue weighted by Gasteiger charge is -2.03. The Balaban J connectivity index is 2.18. The van der Waals surface area contributed by atoms with Crippen molar-refractivity contribution < 1.29 is 4.79 Å².